The van der Waals surface area contributed by atoms with Crippen molar-refractivity contribution in [3.8, 4) is 17.0 Å². The van der Waals surface area contributed by atoms with Crippen molar-refractivity contribution in [2.45, 2.75) is 63.1 Å². The van der Waals surface area contributed by atoms with E-state index in [9.17, 15) is 13.2 Å². The van der Waals surface area contributed by atoms with Gasteiger partial charge in [0.1, 0.15) is 11.4 Å². The maximum atomic E-state index is 12.8. The van der Waals surface area contributed by atoms with E-state index < -0.39 is 21.5 Å². The number of rotatable bonds is 7. The van der Waals surface area contributed by atoms with Gasteiger partial charge in [-0.15, -0.1) is 0 Å². The summed E-state index contributed by atoms with van der Waals surface area (Å²) in [5, 5.41) is 4.90. The predicted octanol–water partition coefficient (Wildman–Crippen LogP) is 2.68. The van der Waals surface area contributed by atoms with E-state index in [0.717, 1.165) is 46.2 Å². The number of nitrogens with zero attached hydrogens (tertiary/aromatic N) is 4. The number of nitrogens with one attached hydrogen (secondary N) is 1. The molecule has 0 spiro atoms. The van der Waals surface area contributed by atoms with Crippen molar-refractivity contribution in [1.82, 2.24) is 24.5 Å². The second-order valence-corrected chi connectivity index (χ2v) is 12.4. The maximum Gasteiger partial charge on any atom is 0.283 e. The van der Waals surface area contributed by atoms with Crippen LogP contribution >= 0.6 is 8.58 Å². The number of hydrogen-bond donors (Lipinski definition) is 1. The molecule has 0 bridgehead atoms. The molecule has 35 heavy (non-hydrogen) atoms. The monoisotopic (exact) mass is 513 g/mol. The van der Waals surface area contributed by atoms with Gasteiger partial charge in [-0.25, -0.2) is 19.4 Å². The average molecular weight is 514 g/mol. The van der Waals surface area contributed by atoms with E-state index in [0.29, 0.717) is 26.9 Å². The van der Waals surface area contributed by atoms with Crippen LogP contribution in [0, 0.1) is 6.92 Å². The average Bonchev–Trinajstić information content (AvgIpc) is 3.50. The van der Waals surface area contributed by atoms with Crippen molar-refractivity contribution in [3.05, 3.63) is 47.5 Å². The van der Waals surface area contributed by atoms with Gasteiger partial charge in [0.2, 0.25) is 16.8 Å². The molecule has 3 aromatic rings. The van der Waals surface area contributed by atoms with Gasteiger partial charge in [-0.3, -0.25) is 4.79 Å². The number of aryl methyl sites for hydroxylation is 1. The number of aromatic nitrogens is 4. The van der Waals surface area contributed by atoms with Crippen LogP contribution < -0.4 is 14.8 Å². The smallest absolute Gasteiger partial charge is 0.283 e. The molecule has 1 atom stereocenters. The van der Waals surface area contributed by atoms with Gasteiger partial charge in [-0.1, -0.05) is 14.6 Å². The number of sulfonamides is 1. The molecule has 1 aliphatic carbocycles. The molecule has 1 fully saturated rings. The summed E-state index contributed by atoms with van der Waals surface area (Å²) in [5.74, 6) is 1.17. The normalized spacial score (nSPS) is 16.9. The molecule has 1 N–H and O–H groups in total. The first-order valence-electron chi connectivity index (χ1n) is 11.5. The highest BCUT2D eigenvalue weighted by Gasteiger charge is 2.34. The van der Waals surface area contributed by atoms with E-state index in [1.165, 1.54) is 10.7 Å². The van der Waals surface area contributed by atoms with Gasteiger partial charge < -0.3 is 4.74 Å². The minimum atomic E-state index is -4.11. The quantitative estimate of drug-likeness (QED) is 0.483. The molecule has 9 nitrogen and oxygen atoms in total. The fourth-order valence-electron chi connectivity index (χ4n) is 4.26. The summed E-state index contributed by atoms with van der Waals surface area (Å²) in [5.41, 5.74) is 3.22. The van der Waals surface area contributed by atoms with Gasteiger partial charge in [0.05, 0.1) is 13.0 Å². The highest BCUT2D eigenvalue weighted by atomic mass is 32.2. The molecule has 0 saturated heterocycles. The van der Waals surface area contributed by atoms with Crippen molar-refractivity contribution in [2.75, 3.05) is 6.66 Å². The molecule has 1 saturated carbocycles. The molecule has 5 rings (SSSR count). The number of hydrogen-bond acceptors (Lipinski definition) is 7. The van der Waals surface area contributed by atoms with Gasteiger partial charge in [0.25, 0.3) is 10.0 Å². The zero-order valence-corrected chi connectivity index (χ0v) is 21.9. The fraction of sp³-hybridized carbons (Fsp3) is 0.417. The summed E-state index contributed by atoms with van der Waals surface area (Å²) in [4.78, 5) is 21.8. The second kappa shape index (κ2) is 8.68. The minimum absolute atomic E-state index is 0.0459. The van der Waals surface area contributed by atoms with E-state index in [4.69, 9.17) is 4.74 Å². The van der Waals surface area contributed by atoms with E-state index >= 15 is 0 Å². The predicted molar refractivity (Wildman–Crippen MR) is 134 cm³/mol. The lowest BCUT2D eigenvalue weighted by atomic mass is 9.99. The summed E-state index contributed by atoms with van der Waals surface area (Å²) >= 11 is 0. The molecule has 11 heteroatoms. The van der Waals surface area contributed by atoms with E-state index in [1.807, 2.05) is 52.0 Å². The van der Waals surface area contributed by atoms with Crippen LogP contribution in [0.5, 0.6) is 5.88 Å². The van der Waals surface area contributed by atoms with Gasteiger partial charge in [-0.05, 0) is 68.3 Å². The van der Waals surface area contributed by atoms with Crippen LogP contribution in [0.1, 0.15) is 49.6 Å². The van der Waals surface area contributed by atoms with Gasteiger partial charge in [0, 0.05) is 29.9 Å². The Morgan fingerprint density at radius 3 is 2.54 bits per heavy atom. The first-order chi connectivity index (χ1) is 16.5. The molecular weight excluding hydrogens is 485 g/mol. The zero-order chi connectivity index (χ0) is 25.0. The summed E-state index contributed by atoms with van der Waals surface area (Å²) in [6, 6.07) is 5.38. The molecule has 1 aliphatic heterocycles. The number of amides is 1. The number of fused-ring (bicyclic) bond motifs is 1. The van der Waals surface area contributed by atoms with E-state index in [1.54, 1.807) is 0 Å². The van der Waals surface area contributed by atoms with E-state index in [2.05, 4.69) is 19.8 Å². The summed E-state index contributed by atoms with van der Waals surface area (Å²) < 4.78 is 34.9. The van der Waals surface area contributed by atoms with Crippen molar-refractivity contribution in [2.24, 2.45) is 0 Å². The number of carbonyl (C=O) groups is 1. The molecule has 184 valence electrons. The van der Waals surface area contributed by atoms with Crippen LogP contribution in [-0.2, 0) is 27.8 Å². The number of ether oxygens (including phenoxy) is 1. The fourth-order valence-corrected chi connectivity index (χ4v) is 6.09. The van der Waals surface area contributed by atoms with Crippen LogP contribution in [-0.4, -0.2) is 46.3 Å². The summed E-state index contributed by atoms with van der Waals surface area (Å²) in [6.07, 6.45) is 5.96. The molecule has 0 radical (unpaired) electrons. The van der Waals surface area contributed by atoms with Crippen molar-refractivity contribution >= 4 is 29.8 Å². The minimum Gasteiger partial charge on any atom is -0.470 e. The van der Waals surface area contributed by atoms with Crippen LogP contribution in [0.3, 0.4) is 0 Å². The van der Waals surface area contributed by atoms with Gasteiger partial charge in [0.15, 0.2) is 0 Å². The Morgan fingerprint density at radius 1 is 1.20 bits per heavy atom. The third kappa shape index (κ3) is 4.95. The zero-order valence-electron chi connectivity index (χ0n) is 20.1. The van der Waals surface area contributed by atoms with Crippen molar-refractivity contribution < 1.29 is 17.9 Å². The third-order valence-electron chi connectivity index (χ3n) is 6.18. The first-order valence-corrected chi connectivity index (χ1v) is 14.5. The Hall–Kier alpha value is -2.84. The molecule has 1 amide bonds. The van der Waals surface area contributed by atoms with Crippen LogP contribution in [0.15, 0.2) is 35.6 Å². The topological polar surface area (TPSA) is 116 Å². The van der Waals surface area contributed by atoms with Crippen molar-refractivity contribution in [3.63, 3.8) is 0 Å². The lowest BCUT2D eigenvalue weighted by Gasteiger charge is -2.16. The largest absolute Gasteiger partial charge is 0.470 e. The number of carbonyl (C=O) groups excluding carboxylic acids is 1. The van der Waals surface area contributed by atoms with Crippen LogP contribution in [0.4, 0.5) is 0 Å². The lowest BCUT2D eigenvalue weighted by molar-refractivity contribution is -0.118. The Bertz CT molecular complexity index is 1390. The Kier molecular flexibility index (Phi) is 5.92. The van der Waals surface area contributed by atoms with Gasteiger partial charge in [-0.2, -0.15) is 13.5 Å². The Balaban J connectivity index is 1.32. The number of benzene rings is 1. The van der Waals surface area contributed by atoms with Crippen LogP contribution in [0.2, 0.25) is 0 Å². The summed E-state index contributed by atoms with van der Waals surface area (Å²) in [7, 11) is -3.68. The highest BCUT2D eigenvalue weighted by molar-refractivity contribution is 7.90. The maximum absolute atomic E-state index is 12.8. The molecule has 1 unspecified atom stereocenters. The molecule has 2 aliphatic rings. The van der Waals surface area contributed by atoms with E-state index in [-0.39, 0.29) is 11.4 Å². The first kappa shape index (κ1) is 23.9. The second-order valence-electron chi connectivity index (χ2n) is 9.72. The summed E-state index contributed by atoms with van der Waals surface area (Å²) in [6.45, 7) is 8.20. The molecule has 2 aromatic heterocycles. The Labute approximate surface area is 206 Å². The van der Waals surface area contributed by atoms with Crippen molar-refractivity contribution in [1.29, 1.82) is 0 Å². The van der Waals surface area contributed by atoms with Crippen LogP contribution in [0.25, 0.3) is 11.1 Å². The SMILES string of the molecule is CPc1cc(-c2cnc(C3CC3)nc2)cc(C)c1CC(=O)NS(=O)(=O)c1cc2n(n1)CC(C)(C)O2. The standard InChI is InChI=1S/C24H28N5O4PS/c1-14-7-16(17-11-25-23(26-12-17)15-5-6-15)8-19(34-4)18(14)9-20(30)28-35(31,32)21-10-22-29(27-21)13-24(2,3)33-22/h7-8,10-12,15,34H,5-6,9,13H2,1-4H3,(H,28,30). The molecular formula is C24H28N5O4PS. The van der Waals surface area contributed by atoms with Gasteiger partial charge >= 0.3 is 0 Å². The molecule has 1 aromatic carbocycles. The highest BCUT2D eigenvalue weighted by Crippen LogP contribution is 2.38. The lowest BCUT2D eigenvalue weighted by Crippen LogP contribution is -2.33. The molecule has 3 heterocycles. The Morgan fingerprint density at radius 2 is 1.91 bits per heavy atom. The third-order valence-corrected chi connectivity index (χ3v) is 8.41.